The van der Waals surface area contributed by atoms with E-state index in [1.165, 1.54) is 36.9 Å². The summed E-state index contributed by atoms with van der Waals surface area (Å²) < 4.78 is 5.37. The fourth-order valence-electron chi connectivity index (χ4n) is 3.50. The summed E-state index contributed by atoms with van der Waals surface area (Å²) >= 11 is 0. The van der Waals surface area contributed by atoms with Crippen LogP contribution in [0.15, 0.2) is 18.2 Å². The Bertz CT molecular complexity index is 433. The first-order valence-electron chi connectivity index (χ1n) is 6.91. The van der Waals surface area contributed by atoms with Gasteiger partial charge in [-0.1, -0.05) is 12.5 Å². The number of likely N-dealkylation sites (N-methyl/N-ethyl adjacent to an activating group) is 1. The number of fused-ring (bicyclic) bond motifs is 2. The number of hydrogen-bond acceptors (Lipinski definition) is 3. The van der Waals surface area contributed by atoms with Gasteiger partial charge in [-0.15, -0.1) is 0 Å². The van der Waals surface area contributed by atoms with Gasteiger partial charge in [-0.3, -0.25) is 4.90 Å². The van der Waals surface area contributed by atoms with Gasteiger partial charge in [0.25, 0.3) is 0 Å². The number of hydrogen-bond donors (Lipinski definition) is 1. The molecule has 2 heterocycles. The Morgan fingerprint density at radius 3 is 3.00 bits per heavy atom. The van der Waals surface area contributed by atoms with Crippen LogP contribution >= 0.6 is 0 Å². The summed E-state index contributed by atoms with van der Waals surface area (Å²) in [6.45, 7) is 2.34. The van der Waals surface area contributed by atoms with Crippen LogP contribution in [0, 0.1) is 0 Å². The summed E-state index contributed by atoms with van der Waals surface area (Å²) in [5.41, 5.74) is 2.88. The van der Waals surface area contributed by atoms with Gasteiger partial charge in [0.1, 0.15) is 5.75 Å². The predicted octanol–water partition coefficient (Wildman–Crippen LogP) is 2.32. The highest BCUT2D eigenvalue weighted by Crippen LogP contribution is 2.37. The van der Waals surface area contributed by atoms with Gasteiger partial charge in [-0.2, -0.15) is 0 Å². The van der Waals surface area contributed by atoms with Gasteiger partial charge in [0.2, 0.25) is 0 Å². The summed E-state index contributed by atoms with van der Waals surface area (Å²) in [6.07, 6.45) is 4.01. The Kier molecular flexibility index (Phi) is 3.27. The molecule has 0 bridgehead atoms. The maximum absolute atomic E-state index is 5.37. The molecular weight excluding hydrogens is 224 g/mol. The van der Waals surface area contributed by atoms with Crippen molar-refractivity contribution in [3.05, 3.63) is 29.3 Å². The van der Waals surface area contributed by atoms with E-state index in [9.17, 15) is 0 Å². The zero-order valence-electron chi connectivity index (χ0n) is 11.3. The lowest BCUT2D eigenvalue weighted by Gasteiger charge is -2.45. The van der Waals surface area contributed by atoms with E-state index >= 15 is 0 Å². The molecule has 2 atom stereocenters. The molecule has 1 aromatic carbocycles. The van der Waals surface area contributed by atoms with E-state index in [1.54, 1.807) is 7.11 Å². The van der Waals surface area contributed by atoms with E-state index < -0.39 is 0 Å². The molecule has 3 nitrogen and oxygen atoms in total. The van der Waals surface area contributed by atoms with E-state index in [4.69, 9.17) is 4.74 Å². The molecule has 1 aromatic rings. The first kappa shape index (κ1) is 12.0. The number of nitrogens with one attached hydrogen (secondary N) is 1. The monoisotopic (exact) mass is 246 g/mol. The van der Waals surface area contributed by atoms with Crippen molar-refractivity contribution in [3.63, 3.8) is 0 Å². The van der Waals surface area contributed by atoms with Crippen LogP contribution in [0.25, 0.3) is 0 Å². The summed E-state index contributed by atoms with van der Waals surface area (Å²) in [7, 11) is 3.82. The molecule has 0 amide bonds. The Hall–Kier alpha value is -1.06. The minimum atomic E-state index is 0.448. The molecule has 3 rings (SSSR count). The largest absolute Gasteiger partial charge is 0.497 e. The lowest BCUT2D eigenvalue weighted by Crippen LogP contribution is -2.49. The van der Waals surface area contributed by atoms with E-state index in [0.29, 0.717) is 12.1 Å². The highest BCUT2D eigenvalue weighted by molar-refractivity contribution is 5.40. The maximum Gasteiger partial charge on any atom is 0.119 e. The lowest BCUT2D eigenvalue weighted by atomic mass is 9.84. The fraction of sp³-hybridized carbons (Fsp3) is 0.600. The van der Waals surface area contributed by atoms with Gasteiger partial charge in [-0.05, 0) is 49.7 Å². The third kappa shape index (κ3) is 1.91. The van der Waals surface area contributed by atoms with Crippen LogP contribution < -0.4 is 10.1 Å². The second kappa shape index (κ2) is 4.90. The normalized spacial score (nSPS) is 27.4. The third-order valence-corrected chi connectivity index (χ3v) is 4.42. The molecular formula is C15H22N2O. The molecule has 2 aliphatic rings. The van der Waals surface area contributed by atoms with Crippen molar-refractivity contribution in [3.8, 4) is 5.75 Å². The molecule has 3 heteroatoms. The number of benzene rings is 1. The molecule has 0 radical (unpaired) electrons. The molecule has 2 unspecified atom stereocenters. The van der Waals surface area contributed by atoms with Crippen LogP contribution in [-0.2, 0) is 6.54 Å². The Morgan fingerprint density at radius 2 is 2.22 bits per heavy atom. The fourth-order valence-corrected chi connectivity index (χ4v) is 3.50. The van der Waals surface area contributed by atoms with Gasteiger partial charge < -0.3 is 10.1 Å². The van der Waals surface area contributed by atoms with Gasteiger partial charge in [-0.25, -0.2) is 0 Å². The molecule has 0 aromatic heterocycles. The van der Waals surface area contributed by atoms with Crippen molar-refractivity contribution in [1.29, 1.82) is 0 Å². The predicted molar refractivity (Wildman–Crippen MR) is 72.8 cm³/mol. The van der Waals surface area contributed by atoms with Crippen molar-refractivity contribution in [2.45, 2.75) is 37.9 Å². The second-order valence-electron chi connectivity index (χ2n) is 5.36. The van der Waals surface area contributed by atoms with Gasteiger partial charge >= 0.3 is 0 Å². The molecule has 18 heavy (non-hydrogen) atoms. The Morgan fingerprint density at radius 1 is 1.33 bits per heavy atom. The van der Waals surface area contributed by atoms with E-state index in [2.05, 4.69) is 35.5 Å². The van der Waals surface area contributed by atoms with E-state index in [-0.39, 0.29) is 0 Å². The Balaban J connectivity index is 1.99. The molecule has 0 spiro atoms. The van der Waals surface area contributed by atoms with E-state index in [1.807, 2.05) is 0 Å². The molecule has 2 aliphatic heterocycles. The van der Waals surface area contributed by atoms with Crippen molar-refractivity contribution in [2.24, 2.45) is 0 Å². The molecule has 1 N–H and O–H groups in total. The van der Waals surface area contributed by atoms with Crippen LogP contribution in [0.5, 0.6) is 5.75 Å². The Labute approximate surface area is 109 Å². The number of ether oxygens (including phenoxy) is 1. The maximum atomic E-state index is 5.37. The molecule has 98 valence electrons. The summed E-state index contributed by atoms with van der Waals surface area (Å²) in [6, 6.07) is 7.62. The third-order valence-electron chi connectivity index (χ3n) is 4.42. The lowest BCUT2D eigenvalue weighted by molar-refractivity contribution is 0.0944. The summed E-state index contributed by atoms with van der Waals surface area (Å²) in [4.78, 5) is 2.64. The topological polar surface area (TPSA) is 24.5 Å². The highest BCUT2D eigenvalue weighted by Gasteiger charge is 2.35. The van der Waals surface area contributed by atoms with Crippen LogP contribution in [0.3, 0.4) is 0 Å². The SMILES string of the molecule is CNC1c2cc(OC)ccc2CN2CCCCC12. The molecule has 0 aliphatic carbocycles. The van der Waals surface area contributed by atoms with Crippen LogP contribution in [0.2, 0.25) is 0 Å². The smallest absolute Gasteiger partial charge is 0.119 e. The standard InChI is InChI=1S/C15H22N2O/c1-16-15-13-9-12(18-2)7-6-11(13)10-17-8-4-3-5-14(15)17/h6-7,9,14-16H,3-5,8,10H2,1-2H3. The minimum absolute atomic E-state index is 0.448. The quantitative estimate of drug-likeness (QED) is 0.866. The van der Waals surface area contributed by atoms with Crippen molar-refractivity contribution in [2.75, 3.05) is 20.7 Å². The van der Waals surface area contributed by atoms with Crippen molar-refractivity contribution < 1.29 is 4.74 Å². The molecule has 1 saturated heterocycles. The van der Waals surface area contributed by atoms with Crippen LogP contribution in [0.1, 0.15) is 36.4 Å². The average Bonchev–Trinajstić information content (AvgIpc) is 2.44. The summed E-state index contributed by atoms with van der Waals surface area (Å²) in [5, 5.41) is 3.51. The second-order valence-corrected chi connectivity index (χ2v) is 5.36. The average molecular weight is 246 g/mol. The highest BCUT2D eigenvalue weighted by atomic mass is 16.5. The van der Waals surface area contributed by atoms with Crippen LogP contribution in [-0.4, -0.2) is 31.6 Å². The minimum Gasteiger partial charge on any atom is -0.497 e. The van der Waals surface area contributed by atoms with Crippen molar-refractivity contribution >= 4 is 0 Å². The number of nitrogens with zero attached hydrogens (tertiary/aromatic N) is 1. The number of rotatable bonds is 2. The first-order valence-corrected chi connectivity index (χ1v) is 6.91. The van der Waals surface area contributed by atoms with Gasteiger partial charge in [0.05, 0.1) is 7.11 Å². The number of methoxy groups -OCH3 is 1. The van der Waals surface area contributed by atoms with Crippen LogP contribution in [0.4, 0.5) is 0 Å². The number of piperidine rings is 1. The zero-order chi connectivity index (χ0) is 12.5. The van der Waals surface area contributed by atoms with E-state index in [0.717, 1.165) is 12.3 Å². The van der Waals surface area contributed by atoms with Gasteiger partial charge in [0.15, 0.2) is 0 Å². The molecule has 0 saturated carbocycles. The van der Waals surface area contributed by atoms with Crippen molar-refractivity contribution in [1.82, 2.24) is 10.2 Å². The first-order chi connectivity index (χ1) is 8.83. The summed E-state index contributed by atoms with van der Waals surface area (Å²) in [5.74, 6) is 0.971. The molecule has 1 fully saturated rings. The van der Waals surface area contributed by atoms with Gasteiger partial charge in [0, 0.05) is 18.6 Å². The zero-order valence-corrected chi connectivity index (χ0v) is 11.3.